The van der Waals surface area contributed by atoms with Crippen molar-refractivity contribution in [3.63, 3.8) is 0 Å². The summed E-state index contributed by atoms with van der Waals surface area (Å²) < 4.78 is 5.33. The van der Waals surface area contributed by atoms with Gasteiger partial charge >= 0.3 is 0 Å². The fourth-order valence-electron chi connectivity index (χ4n) is 4.30. The van der Waals surface area contributed by atoms with Gasteiger partial charge in [0.25, 0.3) is 5.91 Å². The molecule has 0 spiro atoms. The van der Waals surface area contributed by atoms with Crippen LogP contribution in [0.5, 0.6) is 11.5 Å². The van der Waals surface area contributed by atoms with E-state index in [0.717, 1.165) is 39.7 Å². The van der Waals surface area contributed by atoms with E-state index in [1.165, 1.54) is 0 Å². The molecule has 3 aromatic rings. The summed E-state index contributed by atoms with van der Waals surface area (Å²) in [6.07, 6.45) is 1.17. The molecule has 1 atom stereocenters. The van der Waals surface area contributed by atoms with E-state index in [1.54, 1.807) is 24.1 Å². The summed E-state index contributed by atoms with van der Waals surface area (Å²) in [7, 11) is 1.64. The quantitative estimate of drug-likeness (QED) is 0.615. The first-order valence-corrected chi connectivity index (χ1v) is 11.0. The standard InChI is InChI=1S/C27H25N3O3/c1-33-22-9-5-8-19(14-22)16-24-27(32)30-17-25(20-10-12-21(31)13-11-20)28-23(26(30)29-24)15-18-6-3-2-4-7-18/h2-14,24,29,31H,15-17H2,1H3. The SMILES string of the molecule is COc1cccc(CC2NC3=C(Cc4ccccc4)N=C(c4ccc(O)cc4)CN3C2=O)c1. The van der Waals surface area contributed by atoms with E-state index in [9.17, 15) is 9.90 Å². The average Bonchev–Trinajstić information content (AvgIpc) is 3.16. The molecular formula is C27H25N3O3. The third-order valence-electron chi connectivity index (χ3n) is 5.99. The summed E-state index contributed by atoms with van der Waals surface area (Å²) in [5.74, 6) is 1.79. The minimum absolute atomic E-state index is 0.0320. The number of hydrogen-bond acceptors (Lipinski definition) is 5. The normalized spacial score (nSPS) is 17.5. The molecule has 33 heavy (non-hydrogen) atoms. The number of nitrogens with one attached hydrogen (secondary N) is 1. The molecule has 2 heterocycles. The molecule has 2 N–H and O–H groups in total. The second-order valence-electron chi connectivity index (χ2n) is 8.24. The number of carbonyl (C=O) groups is 1. The van der Waals surface area contributed by atoms with Gasteiger partial charge in [-0.05, 0) is 53.1 Å². The Balaban J connectivity index is 1.47. The maximum atomic E-state index is 13.4. The molecular weight excluding hydrogens is 414 g/mol. The zero-order chi connectivity index (χ0) is 22.8. The Morgan fingerprint density at radius 1 is 1.03 bits per heavy atom. The number of hydrogen-bond donors (Lipinski definition) is 2. The number of benzene rings is 3. The number of carbonyl (C=O) groups excluding carboxylic acids is 1. The number of aliphatic imine (C=N–C) groups is 1. The van der Waals surface area contributed by atoms with Crippen LogP contribution >= 0.6 is 0 Å². The number of phenolic OH excluding ortho intramolecular Hbond substituents is 1. The number of fused-ring (bicyclic) bond motifs is 1. The first kappa shape index (κ1) is 20.8. The summed E-state index contributed by atoms with van der Waals surface area (Å²) in [6.45, 7) is 0.388. The van der Waals surface area contributed by atoms with Gasteiger partial charge in [-0.1, -0.05) is 42.5 Å². The predicted molar refractivity (Wildman–Crippen MR) is 127 cm³/mol. The van der Waals surface area contributed by atoms with Gasteiger partial charge in [0.2, 0.25) is 0 Å². The van der Waals surface area contributed by atoms with Gasteiger partial charge in [-0.2, -0.15) is 0 Å². The molecule has 1 fully saturated rings. The molecule has 0 aliphatic carbocycles. The molecule has 0 radical (unpaired) electrons. The van der Waals surface area contributed by atoms with Crippen molar-refractivity contribution in [1.82, 2.24) is 10.2 Å². The number of nitrogens with zero attached hydrogens (tertiary/aromatic N) is 2. The predicted octanol–water partition coefficient (Wildman–Crippen LogP) is 3.66. The maximum Gasteiger partial charge on any atom is 0.251 e. The van der Waals surface area contributed by atoms with E-state index < -0.39 is 0 Å². The third-order valence-corrected chi connectivity index (χ3v) is 5.99. The molecule has 1 unspecified atom stereocenters. The Bertz CT molecular complexity index is 1230. The van der Waals surface area contributed by atoms with E-state index >= 15 is 0 Å². The van der Waals surface area contributed by atoms with Crippen molar-refractivity contribution in [3.05, 3.63) is 107 Å². The lowest BCUT2D eigenvalue weighted by atomic mass is 10.0. The summed E-state index contributed by atoms with van der Waals surface area (Å²) >= 11 is 0. The second-order valence-corrected chi connectivity index (χ2v) is 8.24. The van der Waals surface area contributed by atoms with E-state index in [-0.39, 0.29) is 17.7 Å². The highest BCUT2D eigenvalue weighted by Gasteiger charge is 2.39. The first-order valence-electron chi connectivity index (χ1n) is 11.0. The highest BCUT2D eigenvalue weighted by molar-refractivity contribution is 6.06. The fourth-order valence-corrected chi connectivity index (χ4v) is 4.30. The Labute approximate surface area is 192 Å². The molecule has 2 aliphatic heterocycles. The number of rotatable bonds is 6. The van der Waals surface area contributed by atoms with Crippen molar-refractivity contribution >= 4 is 11.6 Å². The van der Waals surface area contributed by atoms with Gasteiger partial charge in [-0.3, -0.25) is 14.7 Å². The number of ether oxygens (including phenoxy) is 1. The van der Waals surface area contributed by atoms with Gasteiger partial charge < -0.3 is 15.2 Å². The van der Waals surface area contributed by atoms with Crippen molar-refractivity contribution < 1.29 is 14.6 Å². The Kier molecular flexibility index (Phi) is 5.57. The van der Waals surface area contributed by atoms with Crippen molar-refractivity contribution in [3.8, 4) is 11.5 Å². The molecule has 1 amide bonds. The number of allylic oxidation sites excluding steroid dienone is 1. The van der Waals surface area contributed by atoms with E-state index in [2.05, 4.69) is 17.4 Å². The van der Waals surface area contributed by atoms with Crippen LogP contribution in [-0.4, -0.2) is 41.3 Å². The zero-order valence-corrected chi connectivity index (χ0v) is 18.4. The van der Waals surface area contributed by atoms with Crippen molar-refractivity contribution in [2.45, 2.75) is 18.9 Å². The highest BCUT2D eigenvalue weighted by atomic mass is 16.5. The monoisotopic (exact) mass is 439 g/mol. The Morgan fingerprint density at radius 3 is 2.55 bits per heavy atom. The number of phenols is 1. The molecule has 0 aromatic heterocycles. The van der Waals surface area contributed by atoms with E-state index in [4.69, 9.17) is 9.73 Å². The van der Waals surface area contributed by atoms with Gasteiger partial charge in [-0.15, -0.1) is 0 Å². The lowest BCUT2D eigenvalue weighted by molar-refractivity contribution is -0.127. The average molecular weight is 440 g/mol. The molecule has 6 heteroatoms. The first-order chi connectivity index (χ1) is 16.1. The van der Waals surface area contributed by atoms with Crippen LogP contribution in [0, 0.1) is 0 Å². The lowest BCUT2D eigenvalue weighted by Gasteiger charge is -2.25. The van der Waals surface area contributed by atoms with Crippen LogP contribution in [0.25, 0.3) is 0 Å². The van der Waals surface area contributed by atoms with E-state index in [0.29, 0.717) is 19.4 Å². The smallest absolute Gasteiger partial charge is 0.251 e. The molecule has 3 aromatic carbocycles. The third kappa shape index (κ3) is 4.32. The fraction of sp³-hybridized carbons (Fsp3) is 0.185. The summed E-state index contributed by atoms with van der Waals surface area (Å²) in [6, 6.07) is 24.5. The van der Waals surface area contributed by atoms with Crippen LogP contribution < -0.4 is 10.1 Å². The minimum Gasteiger partial charge on any atom is -0.508 e. The molecule has 0 bridgehead atoms. The van der Waals surface area contributed by atoms with Crippen LogP contribution in [0.1, 0.15) is 16.7 Å². The van der Waals surface area contributed by atoms with Crippen LogP contribution in [0.15, 0.2) is 95.4 Å². The van der Waals surface area contributed by atoms with Crippen LogP contribution in [0.3, 0.4) is 0 Å². The minimum atomic E-state index is -0.368. The van der Waals surface area contributed by atoms with Crippen LogP contribution in [0.2, 0.25) is 0 Å². The molecule has 6 nitrogen and oxygen atoms in total. The number of amides is 1. The molecule has 1 saturated heterocycles. The highest BCUT2D eigenvalue weighted by Crippen LogP contribution is 2.28. The van der Waals surface area contributed by atoms with Gasteiger partial charge in [0.1, 0.15) is 23.4 Å². The summed E-state index contributed by atoms with van der Waals surface area (Å²) in [5, 5.41) is 13.1. The summed E-state index contributed by atoms with van der Waals surface area (Å²) in [4.78, 5) is 20.2. The van der Waals surface area contributed by atoms with Gasteiger partial charge in [-0.25, -0.2) is 0 Å². The molecule has 2 aliphatic rings. The molecule has 5 rings (SSSR count). The second kappa shape index (κ2) is 8.82. The van der Waals surface area contributed by atoms with Crippen LogP contribution in [0.4, 0.5) is 0 Å². The topological polar surface area (TPSA) is 74.2 Å². The largest absolute Gasteiger partial charge is 0.508 e. The number of methoxy groups -OCH3 is 1. The van der Waals surface area contributed by atoms with Gasteiger partial charge in [0, 0.05) is 12.8 Å². The lowest BCUT2D eigenvalue weighted by Crippen LogP contribution is -2.36. The molecule has 166 valence electrons. The van der Waals surface area contributed by atoms with E-state index in [1.807, 2.05) is 54.6 Å². The van der Waals surface area contributed by atoms with Gasteiger partial charge in [0.15, 0.2) is 0 Å². The molecule has 0 saturated carbocycles. The van der Waals surface area contributed by atoms with Crippen molar-refractivity contribution in [1.29, 1.82) is 0 Å². The van der Waals surface area contributed by atoms with Gasteiger partial charge in [0.05, 0.1) is 25.1 Å². The Hall–Kier alpha value is -4.06. The van der Waals surface area contributed by atoms with Crippen molar-refractivity contribution in [2.75, 3.05) is 13.7 Å². The summed E-state index contributed by atoms with van der Waals surface area (Å²) in [5.41, 5.74) is 4.69. The van der Waals surface area contributed by atoms with Crippen molar-refractivity contribution in [2.24, 2.45) is 4.99 Å². The maximum absolute atomic E-state index is 13.4. The Morgan fingerprint density at radius 2 is 1.79 bits per heavy atom. The zero-order valence-electron chi connectivity index (χ0n) is 18.4. The van der Waals surface area contributed by atoms with Crippen LogP contribution in [-0.2, 0) is 17.6 Å². The number of aromatic hydroxyl groups is 1.